The molecule has 37 heavy (non-hydrogen) atoms. The topological polar surface area (TPSA) is 140 Å². The van der Waals surface area contributed by atoms with E-state index in [0.717, 1.165) is 0 Å². The number of anilines is 2. The zero-order chi connectivity index (χ0) is 27.2. The molecule has 3 N–H and O–H groups in total. The average molecular weight is 588 g/mol. The van der Waals surface area contributed by atoms with E-state index in [1.807, 2.05) is 0 Å². The fourth-order valence-corrected chi connectivity index (χ4v) is 5.48. The highest BCUT2D eigenvalue weighted by Gasteiger charge is 2.19. The maximum Gasteiger partial charge on any atom is 0.262 e. The molecule has 0 atom stereocenters. The number of hydrogen-bond donors (Lipinski definition) is 3. The minimum atomic E-state index is -4.08. The predicted octanol–water partition coefficient (Wildman–Crippen LogP) is 4.12. The standard InChI is InChI=1S/C23H23Cl2N3O7S2/c1-3-35-16-5-7-17(8-6-16)36(30,31)26-14-23(29)27-15-4-11-22(34-2)21(12-15)28-37(32,33)18-9-10-19(24)20(25)13-18/h4-13,26,28H,3,14H2,1-2H3,(H,27,29). The third-order valence-corrected chi connectivity index (χ3v) is 8.32. The van der Waals surface area contributed by atoms with Gasteiger partial charge in [0.05, 0.1) is 45.8 Å². The largest absolute Gasteiger partial charge is 0.495 e. The highest BCUT2D eigenvalue weighted by atomic mass is 35.5. The Morgan fingerprint density at radius 1 is 0.865 bits per heavy atom. The molecule has 198 valence electrons. The summed E-state index contributed by atoms with van der Waals surface area (Å²) in [6.45, 7) is 1.68. The molecule has 3 rings (SSSR count). The molecular formula is C23H23Cl2N3O7S2. The Labute approximate surface area is 225 Å². The molecule has 3 aromatic carbocycles. The fraction of sp³-hybridized carbons (Fsp3) is 0.174. The molecule has 0 aliphatic heterocycles. The van der Waals surface area contributed by atoms with Crippen LogP contribution >= 0.6 is 23.2 Å². The van der Waals surface area contributed by atoms with Crippen molar-refractivity contribution < 1.29 is 31.1 Å². The smallest absolute Gasteiger partial charge is 0.262 e. The normalized spacial score (nSPS) is 11.6. The van der Waals surface area contributed by atoms with Crippen molar-refractivity contribution in [1.82, 2.24) is 4.72 Å². The van der Waals surface area contributed by atoms with Crippen LogP contribution in [0.5, 0.6) is 11.5 Å². The van der Waals surface area contributed by atoms with Gasteiger partial charge in [0.15, 0.2) is 0 Å². The highest BCUT2D eigenvalue weighted by Crippen LogP contribution is 2.31. The van der Waals surface area contributed by atoms with Crippen LogP contribution in [0, 0.1) is 0 Å². The van der Waals surface area contributed by atoms with Gasteiger partial charge >= 0.3 is 0 Å². The van der Waals surface area contributed by atoms with Gasteiger partial charge < -0.3 is 14.8 Å². The molecule has 3 aromatic rings. The predicted molar refractivity (Wildman–Crippen MR) is 142 cm³/mol. The Hall–Kier alpha value is -3.03. The van der Waals surface area contributed by atoms with Crippen LogP contribution in [0.15, 0.2) is 70.5 Å². The zero-order valence-corrected chi connectivity index (χ0v) is 22.8. The number of carbonyl (C=O) groups is 1. The van der Waals surface area contributed by atoms with Gasteiger partial charge in [-0.3, -0.25) is 9.52 Å². The van der Waals surface area contributed by atoms with E-state index in [1.165, 1.54) is 67.8 Å². The Kier molecular flexibility index (Phi) is 9.26. The number of nitrogens with one attached hydrogen (secondary N) is 3. The number of carbonyl (C=O) groups excluding carboxylic acids is 1. The van der Waals surface area contributed by atoms with E-state index < -0.39 is 32.5 Å². The lowest BCUT2D eigenvalue weighted by molar-refractivity contribution is -0.115. The first-order valence-electron chi connectivity index (χ1n) is 10.6. The second-order valence-electron chi connectivity index (χ2n) is 7.37. The van der Waals surface area contributed by atoms with Gasteiger partial charge in [-0.2, -0.15) is 0 Å². The van der Waals surface area contributed by atoms with Crippen molar-refractivity contribution in [3.63, 3.8) is 0 Å². The highest BCUT2D eigenvalue weighted by molar-refractivity contribution is 7.92. The molecule has 10 nitrogen and oxygen atoms in total. The first kappa shape index (κ1) is 28.5. The second kappa shape index (κ2) is 12.0. The van der Waals surface area contributed by atoms with Gasteiger partial charge in [-0.1, -0.05) is 23.2 Å². The Bertz CT molecular complexity index is 1500. The van der Waals surface area contributed by atoms with Gasteiger partial charge in [0.2, 0.25) is 15.9 Å². The van der Waals surface area contributed by atoms with Gasteiger partial charge in [-0.15, -0.1) is 0 Å². The maximum atomic E-state index is 12.8. The van der Waals surface area contributed by atoms with E-state index in [9.17, 15) is 21.6 Å². The molecule has 0 fully saturated rings. The summed E-state index contributed by atoms with van der Waals surface area (Å²) in [5.41, 5.74) is 0.222. The Morgan fingerprint density at radius 2 is 1.54 bits per heavy atom. The lowest BCUT2D eigenvalue weighted by Gasteiger charge is -2.14. The van der Waals surface area contributed by atoms with Crippen molar-refractivity contribution in [3.05, 3.63) is 70.7 Å². The van der Waals surface area contributed by atoms with Gasteiger partial charge in [-0.25, -0.2) is 21.6 Å². The van der Waals surface area contributed by atoms with Crippen molar-refractivity contribution >= 4 is 60.5 Å². The number of benzene rings is 3. The molecule has 0 spiro atoms. The SMILES string of the molecule is CCOc1ccc(S(=O)(=O)NCC(=O)Nc2ccc(OC)c(NS(=O)(=O)c3ccc(Cl)c(Cl)c3)c2)cc1. The van der Waals surface area contributed by atoms with Crippen LogP contribution in [0.3, 0.4) is 0 Å². The number of halogens is 2. The number of ether oxygens (including phenoxy) is 2. The second-order valence-corrected chi connectivity index (χ2v) is 11.6. The number of methoxy groups -OCH3 is 1. The first-order valence-corrected chi connectivity index (χ1v) is 14.4. The summed E-state index contributed by atoms with van der Waals surface area (Å²) in [6.07, 6.45) is 0. The summed E-state index contributed by atoms with van der Waals surface area (Å²) in [7, 11) is -6.69. The maximum absolute atomic E-state index is 12.8. The van der Waals surface area contributed by atoms with Crippen LogP contribution in [-0.4, -0.2) is 43.0 Å². The van der Waals surface area contributed by atoms with Gasteiger partial charge in [0.1, 0.15) is 11.5 Å². The van der Waals surface area contributed by atoms with Crippen molar-refractivity contribution in [1.29, 1.82) is 0 Å². The van der Waals surface area contributed by atoms with Crippen LogP contribution in [0.2, 0.25) is 10.0 Å². The molecule has 0 unspecified atom stereocenters. The van der Waals surface area contributed by atoms with E-state index in [0.29, 0.717) is 12.4 Å². The number of rotatable bonds is 11. The molecule has 0 aliphatic carbocycles. The van der Waals surface area contributed by atoms with Crippen LogP contribution in [0.1, 0.15) is 6.92 Å². The van der Waals surface area contributed by atoms with Crippen LogP contribution in [-0.2, 0) is 24.8 Å². The Morgan fingerprint density at radius 3 is 2.16 bits per heavy atom. The molecule has 0 saturated carbocycles. The monoisotopic (exact) mass is 587 g/mol. The average Bonchev–Trinajstić information content (AvgIpc) is 2.85. The quantitative estimate of drug-likeness (QED) is 0.306. The van der Waals surface area contributed by atoms with Crippen molar-refractivity contribution in [2.45, 2.75) is 16.7 Å². The first-order chi connectivity index (χ1) is 17.4. The molecular weight excluding hydrogens is 565 g/mol. The number of sulfonamides is 2. The third kappa shape index (κ3) is 7.49. The van der Waals surface area contributed by atoms with E-state index in [4.69, 9.17) is 32.7 Å². The minimum Gasteiger partial charge on any atom is -0.495 e. The third-order valence-electron chi connectivity index (χ3n) is 4.80. The Balaban J connectivity index is 1.70. The van der Waals surface area contributed by atoms with E-state index in [1.54, 1.807) is 6.92 Å². The molecule has 1 amide bonds. The van der Waals surface area contributed by atoms with Crippen molar-refractivity contribution in [3.8, 4) is 11.5 Å². The molecule has 0 aromatic heterocycles. The molecule has 14 heteroatoms. The van der Waals surface area contributed by atoms with Crippen LogP contribution < -0.4 is 24.2 Å². The van der Waals surface area contributed by atoms with Crippen LogP contribution in [0.25, 0.3) is 0 Å². The minimum absolute atomic E-state index is 0.0290. The molecule has 0 heterocycles. The summed E-state index contributed by atoms with van der Waals surface area (Å²) < 4.78 is 65.7. The summed E-state index contributed by atoms with van der Waals surface area (Å²) in [5.74, 6) is 0.0140. The molecule has 0 saturated heterocycles. The van der Waals surface area contributed by atoms with Crippen molar-refractivity contribution in [2.24, 2.45) is 0 Å². The fourth-order valence-electron chi connectivity index (χ4n) is 3.04. The van der Waals surface area contributed by atoms with E-state index in [-0.39, 0.29) is 37.0 Å². The molecule has 0 bridgehead atoms. The van der Waals surface area contributed by atoms with Gasteiger partial charge in [0, 0.05) is 5.69 Å². The summed E-state index contributed by atoms with van der Waals surface area (Å²) in [6, 6.07) is 13.8. The van der Waals surface area contributed by atoms with Gasteiger partial charge in [0.25, 0.3) is 10.0 Å². The molecule has 0 aliphatic rings. The summed E-state index contributed by atoms with van der Waals surface area (Å²) in [5, 5.41) is 2.77. The van der Waals surface area contributed by atoms with Crippen molar-refractivity contribution in [2.75, 3.05) is 30.3 Å². The van der Waals surface area contributed by atoms with E-state index >= 15 is 0 Å². The van der Waals surface area contributed by atoms with Gasteiger partial charge in [-0.05, 0) is 67.6 Å². The van der Waals surface area contributed by atoms with Crippen LogP contribution in [0.4, 0.5) is 11.4 Å². The summed E-state index contributed by atoms with van der Waals surface area (Å²) >= 11 is 11.8. The summed E-state index contributed by atoms with van der Waals surface area (Å²) in [4.78, 5) is 12.2. The number of hydrogen-bond acceptors (Lipinski definition) is 7. The lowest BCUT2D eigenvalue weighted by atomic mass is 10.2. The lowest BCUT2D eigenvalue weighted by Crippen LogP contribution is -2.32. The number of amides is 1. The van der Waals surface area contributed by atoms with E-state index in [2.05, 4.69) is 14.8 Å². The molecule has 0 radical (unpaired) electrons. The zero-order valence-electron chi connectivity index (χ0n) is 19.6.